The second kappa shape index (κ2) is 7.96. The van der Waals surface area contributed by atoms with Gasteiger partial charge in [-0.2, -0.15) is 5.10 Å². The Labute approximate surface area is 189 Å². The maximum Gasteiger partial charge on any atom is 0.151 e. The molecule has 3 aromatic rings. The first kappa shape index (κ1) is 22.4. The van der Waals surface area contributed by atoms with Crippen LogP contribution in [0.25, 0.3) is 22.2 Å². The third-order valence-corrected chi connectivity index (χ3v) is 5.94. The Morgan fingerprint density at radius 2 is 1.88 bits per heavy atom. The number of anilines is 1. The summed E-state index contributed by atoms with van der Waals surface area (Å²) >= 11 is 0. The molecule has 0 radical (unpaired) electrons. The highest BCUT2D eigenvalue weighted by Crippen LogP contribution is 2.31. The van der Waals surface area contributed by atoms with Gasteiger partial charge >= 0.3 is 0 Å². The van der Waals surface area contributed by atoms with Gasteiger partial charge in [-0.15, -0.1) is 0 Å². The Morgan fingerprint density at radius 1 is 1.19 bits per heavy atom. The highest BCUT2D eigenvalue weighted by atomic mass is 19.1. The molecule has 1 aliphatic heterocycles. The van der Waals surface area contributed by atoms with Gasteiger partial charge in [0.05, 0.1) is 29.5 Å². The lowest BCUT2D eigenvalue weighted by molar-refractivity contribution is 0.164. The van der Waals surface area contributed by atoms with Crippen LogP contribution in [0.5, 0.6) is 0 Å². The summed E-state index contributed by atoms with van der Waals surface area (Å²) in [5.74, 6) is 0.541. The van der Waals surface area contributed by atoms with Gasteiger partial charge in [-0.1, -0.05) is 0 Å². The van der Waals surface area contributed by atoms with Crippen molar-refractivity contribution in [3.63, 3.8) is 0 Å². The van der Waals surface area contributed by atoms with Crippen LogP contribution >= 0.6 is 0 Å². The van der Waals surface area contributed by atoms with E-state index in [1.807, 2.05) is 32.2 Å². The Bertz CT molecular complexity index is 1170. The van der Waals surface area contributed by atoms with Gasteiger partial charge in [-0.05, 0) is 78.1 Å². The van der Waals surface area contributed by atoms with Crippen molar-refractivity contribution in [2.75, 3.05) is 5.32 Å². The van der Waals surface area contributed by atoms with Gasteiger partial charge in [0.25, 0.3) is 0 Å². The van der Waals surface area contributed by atoms with Crippen LogP contribution in [0.3, 0.4) is 0 Å². The van der Waals surface area contributed by atoms with Gasteiger partial charge in [0.15, 0.2) is 5.82 Å². The van der Waals surface area contributed by atoms with Gasteiger partial charge in [0.2, 0.25) is 0 Å². The molecular weight excluding hydrogens is 403 g/mol. The third kappa shape index (κ3) is 4.83. The first-order valence-electron chi connectivity index (χ1n) is 11.1. The zero-order valence-electron chi connectivity index (χ0n) is 20.0. The molecule has 4 rings (SSSR count). The summed E-state index contributed by atoms with van der Waals surface area (Å²) in [6.07, 6.45) is 5.60. The topological polar surface area (TPSA) is 67.1 Å². The van der Waals surface area contributed by atoms with Crippen molar-refractivity contribution in [2.24, 2.45) is 12.0 Å². The maximum absolute atomic E-state index is 14.5. The number of nitrogens with one attached hydrogen (secondary N) is 2. The number of fused-ring (bicyclic) bond motifs is 1. The molecule has 6 nitrogen and oxygen atoms in total. The average Bonchev–Trinajstić information content (AvgIpc) is 3.01. The fourth-order valence-electron chi connectivity index (χ4n) is 5.07. The molecule has 32 heavy (non-hydrogen) atoms. The number of piperidine rings is 1. The van der Waals surface area contributed by atoms with Crippen LogP contribution in [0.1, 0.15) is 53.0 Å². The fraction of sp³-hybridized carbons (Fsp3) is 0.480. The molecule has 1 saturated heterocycles. The molecule has 0 spiro atoms. The van der Waals surface area contributed by atoms with Crippen molar-refractivity contribution in [3.05, 3.63) is 42.0 Å². The molecule has 1 aromatic carbocycles. The summed E-state index contributed by atoms with van der Waals surface area (Å²) in [5.41, 5.74) is 3.89. The number of rotatable bonds is 3. The van der Waals surface area contributed by atoms with Crippen LogP contribution in [0.15, 0.2) is 35.6 Å². The standard InChI is InChI=1S/C25H33FN6/c1-15-8-21(17-9-18-14-32(7)30-23(18)20(26)10-17)27-13-22(15)29-16(2)28-19-11-24(3,4)31-25(5,6)12-19/h8-10,13-14,19,31H,11-12H2,1-7H3,(H,28,29). The Balaban J connectivity index is 1.54. The van der Waals surface area contributed by atoms with E-state index in [-0.39, 0.29) is 22.9 Å². The van der Waals surface area contributed by atoms with Crippen LogP contribution < -0.4 is 10.6 Å². The lowest BCUT2D eigenvalue weighted by atomic mass is 9.80. The fourth-order valence-corrected chi connectivity index (χ4v) is 5.07. The van der Waals surface area contributed by atoms with Crippen LogP contribution in [-0.4, -0.2) is 37.7 Å². The van der Waals surface area contributed by atoms with Crippen molar-refractivity contribution in [3.8, 4) is 11.3 Å². The van der Waals surface area contributed by atoms with Crippen LogP contribution in [0, 0.1) is 12.7 Å². The first-order valence-corrected chi connectivity index (χ1v) is 11.1. The second-order valence-corrected chi connectivity index (χ2v) is 10.4. The number of nitrogens with zero attached hydrogens (tertiary/aromatic N) is 4. The quantitative estimate of drug-likeness (QED) is 0.436. The highest BCUT2D eigenvalue weighted by molar-refractivity contribution is 5.94. The third-order valence-electron chi connectivity index (χ3n) is 5.94. The largest absolute Gasteiger partial charge is 0.343 e. The molecule has 1 aliphatic rings. The van der Waals surface area contributed by atoms with E-state index in [0.717, 1.165) is 46.6 Å². The van der Waals surface area contributed by atoms with E-state index in [4.69, 9.17) is 4.99 Å². The van der Waals surface area contributed by atoms with Crippen molar-refractivity contribution in [1.29, 1.82) is 0 Å². The SMILES string of the molecule is CC(=NC1CC(C)(C)NC(C)(C)C1)Nc1cnc(-c2cc(F)c3nn(C)cc3c2)cc1C. The van der Waals surface area contributed by atoms with Gasteiger partial charge in [0, 0.05) is 35.3 Å². The number of hydrogen-bond donors (Lipinski definition) is 2. The number of halogens is 1. The molecule has 0 unspecified atom stereocenters. The lowest BCUT2D eigenvalue weighted by Crippen LogP contribution is -2.59. The number of pyridine rings is 1. The molecule has 3 heterocycles. The number of aliphatic imine (C=N–C) groups is 1. The van der Waals surface area contributed by atoms with Crippen LogP contribution in [0.4, 0.5) is 10.1 Å². The predicted molar refractivity (Wildman–Crippen MR) is 130 cm³/mol. The zero-order valence-corrected chi connectivity index (χ0v) is 20.0. The van der Waals surface area contributed by atoms with Gasteiger partial charge in [0.1, 0.15) is 5.52 Å². The smallest absolute Gasteiger partial charge is 0.151 e. The summed E-state index contributed by atoms with van der Waals surface area (Å²) in [6.45, 7) is 13.0. The molecule has 0 saturated carbocycles. The molecule has 170 valence electrons. The molecule has 0 amide bonds. The molecule has 0 aliphatic carbocycles. The Hall–Kier alpha value is -2.80. The molecular formula is C25H33FN6. The minimum atomic E-state index is -0.337. The number of hydrogen-bond acceptors (Lipinski definition) is 4. The summed E-state index contributed by atoms with van der Waals surface area (Å²) in [4.78, 5) is 9.56. The normalized spacial score (nSPS) is 18.8. The zero-order chi connectivity index (χ0) is 23.3. The van der Waals surface area contributed by atoms with E-state index in [1.165, 1.54) is 6.07 Å². The van der Waals surface area contributed by atoms with E-state index in [2.05, 4.69) is 48.4 Å². The number of benzene rings is 1. The number of aromatic nitrogens is 3. The Morgan fingerprint density at radius 3 is 2.53 bits per heavy atom. The van der Waals surface area contributed by atoms with Gasteiger partial charge in [-0.3, -0.25) is 14.7 Å². The molecule has 2 N–H and O–H groups in total. The predicted octanol–water partition coefficient (Wildman–Crippen LogP) is 5.22. The van der Waals surface area contributed by atoms with Crippen molar-refractivity contribution in [1.82, 2.24) is 20.1 Å². The van der Waals surface area contributed by atoms with Crippen molar-refractivity contribution < 1.29 is 4.39 Å². The van der Waals surface area contributed by atoms with E-state index in [9.17, 15) is 4.39 Å². The second-order valence-electron chi connectivity index (χ2n) is 10.4. The summed E-state index contributed by atoms with van der Waals surface area (Å²) in [6, 6.07) is 5.66. The molecule has 2 aromatic heterocycles. The number of aryl methyl sites for hydroxylation is 2. The van der Waals surface area contributed by atoms with E-state index >= 15 is 0 Å². The van der Waals surface area contributed by atoms with E-state index in [1.54, 1.807) is 17.9 Å². The van der Waals surface area contributed by atoms with Crippen molar-refractivity contribution in [2.45, 2.75) is 71.5 Å². The molecule has 0 atom stereocenters. The van der Waals surface area contributed by atoms with Crippen LogP contribution in [0.2, 0.25) is 0 Å². The van der Waals surface area contributed by atoms with E-state index < -0.39 is 0 Å². The highest BCUT2D eigenvalue weighted by Gasteiger charge is 2.37. The van der Waals surface area contributed by atoms with Crippen LogP contribution in [-0.2, 0) is 7.05 Å². The van der Waals surface area contributed by atoms with Gasteiger partial charge in [-0.25, -0.2) is 4.39 Å². The molecule has 7 heteroatoms. The summed E-state index contributed by atoms with van der Waals surface area (Å²) in [5, 5.41) is 12.1. The maximum atomic E-state index is 14.5. The molecule has 0 bridgehead atoms. The van der Waals surface area contributed by atoms with Gasteiger partial charge < -0.3 is 10.6 Å². The summed E-state index contributed by atoms with van der Waals surface area (Å²) < 4.78 is 16.1. The monoisotopic (exact) mass is 436 g/mol. The first-order chi connectivity index (χ1) is 14.9. The number of amidine groups is 1. The average molecular weight is 437 g/mol. The minimum absolute atomic E-state index is 0.0555. The lowest BCUT2D eigenvalue weighted by Gasteiger charge is -2.45. The minimum Gasteiger partial charge on any atom is -0.343 e. The van der Waals surface area contributed by atoms with E-state index in [0.29, 0.717) is 5.52 Å². The molecule has 1 fully saturated rings. The van der Waals surface area contributed by atoms with Crippen molar-refractivity contribution >= 4 is 22.4 Å². The Kier molecular flexibility index (Phi) is 5.57. The summed E-state index contributed by atoms with van der Waals surface area (Å²) in [7, 11) is 1.79.